The van der Waals surface area contributed by atoms with E-state index in [-0.39, 0.29) is 18.0 Å². The first-order chi connectivity index (χ1) is 8.99. The lowest BCUT2D eigenvalue weighted by Gasteiger charge is -2.21. The number of nitrogens with zero attached hydrogens (tertiary/aromatic N) is 1. The van der Waals surface area contributed by atoms with E-state index in [9.17, 15) is 9.59 Å². The summed E-state index contributed by atoms with van der Waals surface area (Å²) in [4.78, 5) is 25.0. The number of ether oxygens (including phenoxy) is 1. The van der Waals surface area contributed by atoms with E-state index in [0.29, 0.717) is 16.6 Å². The molecule has 1 aromatic rings. The van der Waals surface area contributed by atoms with Gasteiger partial charge in [0.05, 0.1) is 17.7 Å². The van der Waals surface area contributed by atoms with Crippen LogP contribution in [0.3, 0.4) is 0 Å². The third-order valence-electron chi connectivity index (χ3n) is 2.49. The second-order valence-electron chi connectivity index (χ2n) is 3.93. The second kappa shape index (κ2) is 7.36. The standard InChI is InChI=1S/C13H15Cl2NO3/c1-3-6-16(8-12(17)19-2)13(18)10-7-9(14)4-5-11(10)15/h4-5,7H,3,6,8H2,1-2H3. The van der Waals surface area contributed by atoms with Crippen LogP contribution in [-0.4, -0.2) is 37.0 Å². The number of amides is 1. The van der Waals surface area contributed by atoms with E-state index in [1.807, 2.05) is 6.92 Å². The van der Waals surface area contributed by atoms with Crippen molar-refractivity contribution in [1.29, 1.82) is 0 Å². The molecule has 4 nitrogen and oxygen atoms in total. The van der Waals surface area contributed by atoms with Gasteiger partial charge in [-0.2, -0.15) is 0 Å². The molecule has 0 aliphatic heterocycles. The first kappa shape index (κ1) is 15.8. The van der Waals surface area contributed by atoms with Gasteiger partial charge < -0.3 is 9.64 Å². The highest BCUT2D eigenvalue weighted by atomic mass is 35.5. The minimum atomic E-state index is -0.472. The molecule has 0 aliphatic rings. The summed E-state index contributed by atoms with van der Waals surface area (Å²) in [5.74, 6) is -0.806. The minimum absolute atomic E-state index is 0.105. The molecule has 0 heterocycles. The summed E-state index contributed by atoms with van der Waals surface area (Å²) < 4.78 is 4.58. The van der Waals surface area contributed by atoms with Gasteiger partial charge in [-0.1, -0.05) is 30.1 Å². The van der Waals surface area contributed by atoms with Gasteiger partial charge in [0.1, 0.15) is 6.54 Å². The zero-order chi connectivity index (χ0) is 14.4. The van der Waals surface area contributed by atoms with E-state index in [2.05, 4.69) is 4.74 Å². The molecule has 0 aliphatic carbocycles. The summed E-state index contributed by atoms with van der Waals surface area (Å²) >= 11 is 11.8. The summed E-state index contributed by atoms with van der Waals surface area (Å²) in [5, 5.41) is 0.725. The summed E-state index contributed by atoms with van der Waals surface area (Å²) in [5.41, 5.74) is 0.284. The first-order valence-electron chi connectivity index (χ1n) is 5.80. The van der Waals surface area contributed by atoms with Crippen LogP contribution in [0.15, 0.2) is 18.2 Å². The molecule has 6 heteroatoms. The molecule has 0 fully saturated rings. The fourth-order valence-corrected chi connectivity index (χ4v) is 1.94. The van der Waals surface area contributed by atoms with Crippen molar-refractivity contribution >= 4 is 35.1 Å². The molecule has 0 radical (unpaired) electrons. The van der Waals surface area contributed by atoms with Crippen LogP contribution in [0.2, 0.25) is 10.0 Å². The molecule has 0 saturated carbocycles. The Labute approximate surface area is 122 Å². The molecule has 104 valence electrons. The molecule has 0 saturated heterocycles. The predicted molar refractivity (Wildman–Crippen MR) is 74.7 cm³/mol. The van der Waals surface area contributed by atoms with E-state index in [1.165, 1.54) is 18.1 Å². The Morgan fingerprint density at radius 3 is 2.58 bits per heavy atom. The van der Waals surface area contributed by atoms with Crippen molar-refractivity contribution in [3.05, 3.63) is 33.8 Å². The molecule has 1 aromatic carbocycles. The number of carbonyl (C=O) groups excluding carboxylic acids is 2. The Bertz CT molecular complexity index is 477. The lowest BCUT2D eigenvalue weighted by molar-refractivity contribution is -0.141. The monoisotopic (exact) mass is 303 g/mol. The second-order valence-corrected chi connectivity index (χ2v) is 4.77. The van der Waals surface area contributed by atoms with Crippen LogP contribution in [0, 0.1) is 0 Å². The maximum atomic E-state index is 12.3. The fourth-order valence-electron chi connectivity index (χ4n) is 1.57. The quantitative estimate of drug-likeness (QED) is 0.786. The summed E-state index contributed by atoms with van der Waals surface area (Å²) in [7, 11) is 1.28. The molecule has 19 heavy (non-hydrogen) atoms. The van der Waals surface area contributed by atoms with Crippen LogP contribution in [-0.2, 0) is 9.53 Å². The molecule has 0 N–H and O–H groups in total. The largest absolute Gasteiger partial charge is 0.468 e. The van der Waals surface area contributed by atoms with Gasteiger partial charge in [0.25, 0.3) is 5.91 Å². The Balaban J connectivity index is 2.98. The maximum absolute atomic E-state index is 12.3. The van der Waals surface area contributed by atoms with Gasteiger partial charge in [-0.25, -0.2) is 0 Å². The fraction of sp³-hybridized carbons (Fsp3) is 0.385. The van der Waals surface area contributed by atoms with Gasteiger partial charge in [0.2, 0.25) is 0 Å². The normalized spacial score (nSPS) is 10.1. The van der Waals surface area contributed by atoms with E-state index < -0.39 is 5.97 Å². The van der Waals surface area contributed by atoms with Crippen molar-refractivity contribution in [1.82, 2.24) is 4.90 Å². The van der Waals surface area contributed by atoms with Crippen LogP contribution in [0.25, 0.3) is 0 Å². The summed E-state index contributed by atoms with van der Waals surface area (Å²) in [6.45, 7) is 2.25. The maximum Gasteiger partial charge on any atom is 0.325 e. The number of esters is 1. The van der Waals surface area contributed by atoms with Crippen molar-refractivity contribution < 1.29 is 14.3 Å². The van der Waals surface area contributed by atoms with Gasteiger partial charge in [-0.05, 0) is 24.6 Å². The minimum Gasteiger partial charge on any atom is -0.468 e. The molecular formula is C13H15Cl2NO3. The van der Waals surface area contributed by atoms with Gasteiger partial charge in [-0.3, -0.25) is 9.59 Å². The predicted octanol–water partition coefficient (Wildman–Crippen LogP) is 3.02. The van der Waals surface area contributed by atoms with Crippen LogP contribution in [0.4, 0.5) is 0 Å². The van der Waals surface area contributed by atoms with E-state index in [1.54, 1.807) is 12.1 Å². The molecule has 0 aromatic heterocycles. The molecule has 0 unspecified atom stereocenters. The Kier molecular flexibility index (Phi) is 6.12. The van der Waals surface area contributed by atoms with Gasteiger partial charge in [0.15, 0.2) is 0 Å². The number of hydrogen-bond acceptors (Lipinski definition) is 3. The highest BCUT2D eigenvalue weighted by molar-refractivity contribution is 6.35. The van der Waals surface area contributed by atoms with Crippen molar-refractivity contribution in [3.63, 3.8) is 0 Å². The number of rotatable bonds is 5. The molecule has 0 atom stereocenters. The highest BCUT2D eigenvalue weighted by Gasteiger charge is 2.20. The van der Waals surface area contributed by atoms with Crippen LogP contribution in [0.5, 0.6) is 0 Å². The molecule has 0 bridgehead atoms. The zero-order valence-electron chi connectivity index (χ0n) is 10.8. The van der Waals surface area contributed by atoms with Crippen LogP contribution >= 0.6 is 23.2 Å². The number of carbonyl (C=O) groups is 2. The molecule has 1 amide bonds. The number of methoxy groups -OCH3 is 1. The van der Waals surface area contributed by atoms with E-state index in [0.717, 1.165) is 6.42 Å². The topological polar surface area (TPSA) is 46.6 Å². The van der Waals surface area contributed by atoms with Crippen molar-refractivity contribution in [3.8, 4) is 0 Å². The average molecular weight is 304 g/mol. The molecule has 0 spiro atoms. The van der Waals surface area contributed by atoms with Crippen LogP contribution < -0.4 is 0 Å². The average Bonchev–Trinajstić information content (AvgIpc) is 2.40. The van der Waals surface area contributed by atoms with Crippen molar-refractivity contribution in [2.24, 2.45) is 0 Å². The van der Waals surface area contributed by atoms with Crippen molar-refractivity contribution in [2.75, 3.05) is 20.2 Å². The lowest BCUT2D eigenvalue weighted by atomic mass is 10.2. The highest BCUT2D eigenvalue weighted by Crippen LogP contribution is 2.22. The zero-order valence-corrected chi connectivity index (χ0v) is 12.3. The molecule has 1 rings (SSSR count). The first-order valence-corrected chi connectivity index (χ1v) is 6.56. The van der Waals surface area contributed by atoms with Crippen molar-refractivity contribution in [2.45, 2.75) is 13.3 Å². The van der Waals surface area contributed by atoms with Gasteiger partial charge in [-0.15, -0.1) is 0 Å². The number of benzene rings is 1. The Morgan fingerprint density at radius 2 is 2.00 bits per heavy atom. The third-order valence-corrected chi connectivity index (χ3v) is 3.05. The third kappa shape index (κ3) is 4.40. The Hall–Kier alpha value is -1.26. The van der Waals surface area contributed by atoms with Crippen LogP contribution in [0.1, 0.15) is 23.7 Å². The smallest absolute Gasteiger partial charge is 0.325 e. The summed E-state index contributed by atoms with van der Waals surface area (Å²) in [6, 6.07) is 4.65. The molecular weight excluding hydrogens is 289 g/mol. The SMILES string of the molecule is CCCN(CC(=O)OC)C(=O)c1cc(Cl)ccc1Cl. The number of halogens is 2. The van der Waals surface area contributed by atoms with E-state index in [4.69, 9.17) is 23.2 Å². The summed E-state index contributed by atoms with van der Waals surface area (Å²) in [6.07, 6.45) is 0.723. The number of hydrogen-bond donors (Lipinski definition) is 0. The van der Waals surface area contributed by atoms with Gasteiger partial charge in [0, 0.05) is 11.6 Å². The lowest BCUT2D eigenvalue weighted by Crippen LogP contribution is -2.37. The Morgan fingerprint density at radius 1 is 1.32 bits per heavy atom. The van der Waals surface area contributed by atoms with Gasteiger partial charge >= 0.3 is 5.97 Å². The van der Waals surface area contributed by atoms with E-state index >= 15 is 0 Å².